The zero-order chi connectivity index (χ0) is 16.5. The lowest BCUT2D eigenvalue weighted by molar-refractivity contribution is 0.1000. The topological polar surface area (TPSA) is 80.9 Å². The highest BCUT2D eigenvalue weighted by atomic mass is 35.5. The Morgan fingerprint density at radius 2 is 2.14 bits per heavy atom. The number of primary amides is 1. The molecule has 0 bridgehead atoms. The first-order valence-corrected chi connectivity index (χ1v) is 8.12. The Morgan fingerprint density at radius 3 is 2.64 bits per heavy atom. The van der Waals surface area contributed by atoms with E-state index in [1.165, 1.54) is 12.3 Å². The van der Waals surface area contributed by atoms with Gasteiger partial charge in [-0.1, -0.05) is 32.4 Å². The maximum atomic E-state index is 11.1. The number of amides is 1. The van der Waals surface area contributed by atoms with Crippen molar-refractivity contribution >= 4 is 34.7 Å². The summed E-state index contributed by atoms with van der Waals surface area (Å²) in [5.41, 5.74) is 6.57. The van der Waals surface area contributed by atoms with Gasteiger partial charge in [0, 0.05) is 17.0 Å². The summed E-state index contributed by atoms with van der Waals surface area (Å²) in [6, 6.07) is 1.47. The van der Waals surface area contributed by atoms with Crippen molar-refractivity contribution in [1.29, 1.82) is 0 Å². The Bertz CT molecular complexity index is 693. The van der Waals surface area contributed by atoms with Gasteiger partial charge < -0.3 is 11.1 Å². The van der Waals surface area contributed by atoms with Gasteiger partial charge in [-0.05, 0) is 13.0 Å². The molecule has 0 radical (unpaired) electrons. The van der Waals surface area contributed by atoms with Crippen molar-refractivity contribution in [2.75, 3.05) is 5.32 Å². The summed E-state index contributed by atoms with van der Waals surface area (Å²) in [5, 5.41) is 6.60. The molecule has 118 valence electrons. The number of carbonyl (C=O) groups excluding carboxylic acids is 1. The van der Waals surface area contributed by atoms with Crippen LogP contribution in [-0.4, -0.2) is 15.9 Å². The minimum absolute atomic E-state index is 0.0213. The molecule has 2 rings (SSSR count). The second kappa shape index (κ2) is 6.22. The molecule has 2 aromatic rings. The molecule has 5 nitrogen and oxygen atoms in total. The third kappa shape index (κ3) is 3.75. The molecule has 2 heterocycles. The van der Waals surface area contributed by atoms with Gasteiger partial charge in [-0.25, -0.2) is 9.97 Å². The fourth-order valence-corrected chi connectivity index (χ4v) is 3.05. The van der Waals surface area contributed by atoms with Crippen LogP contribution in [0.15, 0.2) is 17.6 Å². The van der Waals surface area contributed by atoms with E-state index in [1.807, 2.05) is 6.92 Å². The number of thiazole rings is 1. The third-order valence-corrected chi connectivity index (χ3v) is 4.46. The highest BCUT2D eigenvalue weighted by Gasteiger charge is 2.20. The Morgan fingerprint density at radius 1 is 1.45 bits per heavy atom. The summed E-state index contributed by atoms with van der Waals surface area (Å²) in [4.78, 5) is 19.9. The van der Waals surface area contributed by atoms with Gasteiger partial charge in [-0.3, -0.25) is 4.79 Å². The SMILES string of the molecule is CC(Nc1ncc(C(N)=O)cc1Cl)c1nc(C(C)(C)C)cs1. The molecule has 22 heavy (non-hydrogen) atoms. The van der Waals surface area contributed by atoms with Gasteiger partial charge >= 0.3 is 0 Å². The number of pyridine rings is 1. The van der Waals surface area contributed by atoms with Crippen molar-refractivity contribution in [3.8, 4) is 0 Å². The van der Waals surface area contributed by atoms with Crippen LogP contribution in [0.5, 0.6) is 0 Å². The van der Waals surface area contributed by atoms with Crippen LogP contribution in [0.3, 0.4) is 0 Å². The largest absolute Gasteiger partial charge is 0.366 e. The summed E-state index contributed by atoms with van der Waals surface area (Å²) in [7, 11) is 0. The summed E-state index contributed by atoms with van der Waals surface area (Å²) in [6.45, 7) is 8.38. The standard InChI is InChI=1S/C15H19ClN4OS/c1-8(14-20-11(7-22-14)15(2,3)4)19-13-10(16)5-9(6-18-13)12(17)21/h5-8H,1-4H3,(H2,17,21)(H,18,19). The number of nitrogens with two attached hydrogens (primary N) is 1. The van der Waals surface area contributed by atoms with E-state index in [1.54, 1.807) is 11.3 Å². The number of nitrogens with one attached hydrogen (secondary N) is 1. The van der Waals surface area contributed by atoms with E-state index in [9.17, 15) is 4.79 Å². The van der Waals surface area contributed by atoms with Gasteiger partial charge in [0.25, 0.3) is 0 Å². The van der Waals surface area contributed by atoms with E-state index < -0.39 is 5.91 Å². The molecule has 0 aromatic carbocycles. The predicted molar refractivity (Wildman–Crippen MR) is 90.6 cm³/mol. The van der Waals surface area contributed by atoms with Gasteiger partial charge in [0.05, 0.1) is 22.3 Å². The van der Waals surface area contributed by atoms with Crippen molar-refractivity contribution < 1.29 is 4.79 Å². The minimum atomic E-state index is -0.552. The zero-order valence-corrected chi connectivity index (χ0v) is 14.5. The van der Waals surface area contributed by atoms with Crippen LogP contribution in [0.2, 0.25) is 5.02 Å². The van der Waals surface area contributed by atoms with Crippen LogP contribution < -0.4 is 11.1 Å². The molecule has 3 N–H and O–H groups in total. The smallest absolute Gasteiger partial charge is 0.250 e. The average molecular weight is 339 g/mol. The van der Waals surface area contributed by atoms with Crippen LogP contribution in [0, 0.1) is 0 Å². The van der Waals surface area contributed by atoms with Crippen LogP contribution in [0.4, 0.5) is 5.82 Å². The van der Waals surface area contributed by atoms with Crippen LogP contribution in [0.25, 0.3) is 0 Å². The Labute approximate surface area is 138 Å². The van der Waals surface area contributed by atoms with Crippen molar-refractivity contribution in [1.82, 2.24) is 9.97 Å². The van der Waals surface area contributed by atoms with Crippen molar-refractivity contribution in [3.63, 3.8) is 0 Å². The lowest BCUT2D eigenvalue weighted by Crippen LogP contribution is -2.14. The average Bonchev–Trinajstić information content (AvgIpc) is 2.90. The van der Waals surface area contributed by atoms with Crippen LogP contribution >= 0.6 is 22.9 Å². The Kier molecular flexibility index (Phi) is 4.72. The molecule has 2 aromatic heterocycles. The number of rotatable bonds is 4. The molecular formula is C15H19ClN4OS. The number of nitrogens with zero attached hydrogens (tertiary/aromatic N) is 2. The van der Waals surface area contributed by atoms with E-state index in [0.717, 1.165) is 10.7 Å². The summed E-state index contributed by atoms with van der Waals surface area (Å²) >= 11 is 7.73. The fraction of sp³-hybridized carbons (Fsp3) is 0.400. The first-order chi connectivity index (χ1) is 10.2. The van der Waals surface area contributed by atoms with Crippen molar-refractivity contribution in [2.45, 2.75) is 39.2 Å². The molecule has 0 saturated heterocycles. The van der Waals surface area contributed by atoms with Gasteiger partial charge in [-0.15, -0.1) is 11.3 Å². The number of hydrogen-bond donors (Lipinski definition) is 2. The van der Waals surface area contributed by atoms with E-state index in [-0.39, 0.29) is 17.0 Å². The highest BCUT2D eigenvalue weighted by molar-refractivity contribution is 7.09. The molecule has 1 unspecified atom stereocenters. The van der Waals surface area contributed by atoms with Crippen molar-refractivity contribution in [3.05, 3.63) is 38.9 Å². The molecule has 0 fully saturated rings. The maximum Gasteiger partial charge on any atom is 0.250 e. The molecule has 0 aliphatic heterocycles. The summed E-state index contributed by atoms with van der Waals surface area (Å²) < 4.78 is 0. The maximum absolute atomic E-state index is 11.1. The minimum Gasteiger partial charge on any atom is -0.366 e. The molecule has 1 atom stereocenters. The normalized spacial score (nSPS) is 13.0. The van der Waals surface area contributed by atoms with E-state index in [2.05, 4.69) is 41.4 Å². The number of halogens is 1. The van der Waals surface area contributed by atoms with Gasteiger partial charge in [-0.2, -0.15) is 0 Å². The Balaban J connectivity index is 2.17. The zero-order valence-electron chi connectivity index (χ0n) is 13.0. The summed E-state index contributed by atoms with van der Waals surface area (Å²) in [5.74, 6) is -0.0459. The number of hydrogen-bond acceptors (Lipinski definition) is 5. The third-order valence-electron chi connectivity index (χ3n) is 3.14. The van der Waals surface area contributed by atoms with Gasteiger partial charge in [0.1, 0.15) is 10.8 Å². The molecule has 0 saturated carbocycles. The monoisotopic (exact) mass is 338 g/mol. The predicted octanol–water partition coefficient (Wildman–Crippen LogP) is 3.76. The second-order valence-electron chi connectivity index (χ2n) is 6.11. The Hall–Kier alpha value is -1.66. The molecule has 7 heteroatoms. The van der Waals surface area contributed by atoms with Gasteiger partial charge in [0.15, 0.2) is 0 Å². The van der Waals surface area contributed by atoms with Crippen LogP contribution in [-0.2, 0) is 5.41 Å². The molecule has 1 amide bonds. The highest BCUT2D eigenvalue weighted by Crippen LogP contribution is 2.29. The van der Waals surface area contributed by atoms with Gasteiger partial charge in [0.2, 0.25) is 5.91 Å². The van der Waals surface area contributed by atoms with E-state index in [4.69, 9.17) is 17.3 Å². The lowest BCUT2D eigenvalue weighted by Gasteiger charge is -2.16. The van der Waals surface area contributed by atoms with E-state index in [0.29, 0.717) is 10.8 Å². The van der Waals surface area contributed by atoms with Crippen molar-refractivity contribution in [2.24, 2.45) is 5.73 Å². The lowest BCUT2D eigenvalue weighted by atomic mass is 9.93. The molecule has 0 aliphatic rings. The van der Waals surface area contributed by atoms with Crippen LogP contribution in [0.1, 0.15) is 54.8 Å². The number of carbonyl (C=O) groups is 1. The molecular weight excluding hydrogens is 320 g/mol. The number of aromatic nitrogens is 2. The second-order valence-corrected chi connectivity index (χ2v) is 7.40. The quantitative estimate of drug-likeness (QED) is 0.889. The van der Waals surface area contributed by atoms with E-state index >= 15 is 0 Å². The first kappa shape index (κ1) is 16.7. The number of anilines is 1. The first-order valence-electron chi connectivity index (χ1n) is 6.86. The molecule has 0 spiro atoms. The fourth-order valence-electron chi connectivity index (χ4n) is 1.78. The molecule has 0 aliphatic carbocycles. The summed E-state index contributed by atoms with van der Waals surface area (Å²) in [6.07, 6.45) is 1.41.